The Hall–Kier alpha value is -1.02. The van der Waals surface area contributed by atoms with Crippen molar-refractivity contribution in [2.24, 2.45) is 5.92 Å². The fraction of sp³-hybridized carbons (Fsp3) is 0.667. The first-order valence-electron chi connectivity index (χ1n) is 8.12. The summed E-state index contributed by atoms with van der Waals surface area (Å²) in [5.74, 6) is 1.52. The van der Waals surface area contributed by atoms with Gasteiger partial charge in [-0.15, -0.1) is 0 Å². The molecule has 114 valence electrons. The Labute approximate surface area is 124 Å². The van der Waals surface area contributed by atoms with Crippen LogP contribution < -0.4 is 4.74 Å². The Balaban J connectivity index is 2.51. The highest BCUT2D eigenvalue weighted by molar-refractivity contribution is 5.28. The summed E-state index contributed by atoms with van der Waals surface area (Å²) in [5.41, 5.74) is 1.00. The van der Waals surface area contributed by atoms with Gasteiger partial charge in [0.15, 0.2) is 0 Å². The first kappa shape index (κ1) is 17.0. The van der Waals surface area contributed by atoms with E-state index in [-0.39, 0.29) is 6.10 Å². The zero-order valence-corrected chi connectivity index (χ0v) is 13.3. The van der Waals surface area contributed by atoms with Crippen LogP contribution in [-0.2, 0) is 0 Å². The Morgan fingerprint density at radius 3 is 2.30 bits per heavy atom. The normalized spacial score (nSPS) is 14.0. The average molecular weight is 278 g/mol. The Morgan fingerprint density at radius 1 is 1.05 bits per heavy atom. The van der Waals surface area contributed by atoms with E-state index in [1.165, 1.54) is 19.3 Å². The smallest absolute Gasteiger partial charge is 0.119 e. The third kappa shape index (κ3) is 5.96. The zero-order valence-electron chi connectivity index (χ0n) is 13.3. The number of aliphatic hydroxyl groups is 1. The largest absolute Gasteiger partial charge is 0.494 e. The molecular weight excluding hydrogens is 248 g/mol. The van der Waals surface area contributed by atoms with Crippen LogP contribution in [0, 0.1) is 5.92 Å². The summed E-state index contributed by atoms with van der Waals surface area (Å²) in [4.78, 5) is 0. The molecule has 0 bridgehead atoms. The van der Waals surface area contributed by atoms with Gasteiger partial charge >= 0.3 is 0 Å². The highest BCUT2D eigenvalue weighted by Gasteiger charge is 2.14. The number of unbranched alkanes of at least 4 members (excludes halogenated alkanes) is 1. The van der Waals surface area contributed by atoms with Crippen molar-refractivity contribution in [3.05, 3.63) is 29.8 Å². The Bertz CT molecular complexity index is 345. The van der Waals surface area contributed by atoms with E-state index < -0.39 is 0 Å². The van der Waals surface area contributed by atoms with E-state index in [0.717, 1.165) is 37.2 Å². The zero-order chi connectivity index (χ0) is 14.8. The minimum Gasteiger partial charge on any atom is -0.494 e. The molecule has 0 aliphatic heterocycles. The van der Waals surface area contributed by atoms with Crippen LogP contribution in [0.2, 0.25) is 0 Å². The first-order valence-corrected chi connectivity index (χ1v) is 8.12. The molecule has 0 radical (unpaired) electrons. The van der Waals surface area contributed by atoms with Gasteiger partial charge in [0.2, 0.25) is 0 Å². The fourth-order valence-electron chi connectivity index (χ4n) is 2.44. The van der Waals surface area contributed by atoms with Gasteiger partial charge in [-0.25, -0.2) is 0 Å². The molecule has 20 heavy (non-hydrogen) atoms. The molecule has 2 heteroatoms. The maximum Gasteiger partial charge on any atom is 0.119 e. The van der Waals surface area contributed by atoms with Gasteiger partial charge in [-0.1, -0.05) is 58.6 Å². The highest BCUT2D eigenvalue weighted by Crippen LogP contribution is 2.27. The topological polar surface area (TPSA) is 29.5 Å². The van der Waals surface area contributed by atoms with E-state index in [1.807, 2.05) is 24.3 Å². The van der Waals surface area contributed by atoms with Gasteiger partial charge in [-0.3, -0.25) is 0 Å². The summed E-state index contributed by atoms with van der Waals surface area (Å²) in [6.07, 6.45) is 6.39. The van der Waals surface area contributed by atoms with Gasteiger partial charge in [-0.05, 0) is 36.5 Å². The number of rotatable bonds is 10. The molecule has 0 heterocycles. The molecule has 0 fully saturated rings. The molecular formula is C18H30O2. The van der Waals surface area contributed by atoms with E-state index >= 15 is 0 Å². The minimum absolute atomic E-state index is 0.350. The van der Waals surface area contributed by atoms with Gasteiger partial charge in [0.1, 0.15) is 5.75 Å². The Kier molecular flexibility index (Phi) is 8.36. The molecule has 0 aromatic heterocycles. The van der Waals surface area contributed by atoms with Gasteiger partial charge in [-0.2, -0.15) is 0 Å². The average Bonchev–Trinajstić information content (AvgIpc) is 2.49. The van der Waals surface area contributed by atoms with Crippen LogP contribution in [0.1, 0.15) is 71.0 Å². The molecule has 1 rings (SSSR count). The van der Waals surface area contributed by atoms with Crippen molar-refractivity contribution in [3.8, 4) is 5.75 Å². The predicted molar refractivity (Wildman–Crippen MR) is 85.1 cm³/mol. The molecule has 2 unspecified atom stereocenters. The van der Waals surface area contributed by atoms with E-state index in [4.69, 9.17) is 4.74 Å². The molecule has 0 saturated heterocycles. The molecule has 0 aliphatic rings. The van der Waals surface area contributed by atoms with Gasteiger partial charge in [0.25, 0.3) is 0 Å². The second-order valence-electron chi connectivity index (χ2n) is 5.59. The van der Waals surface area contributed by atoms with Gasteiger partial charge < -0.3 is 9.84 Å². The monoisotopic (exact) mass is 278 g/mol. The lowest BCUT2D eigenvalue weighted by Gasteiger charge is -2.19. The summed E-state index contributed by atoms with van der Waals surface area (Å²) in [5, 5.41) is 10.3. The van der Waals surface area contributed by atoms with Crippen molar-refractivity contribution >= 4 is 0 Å². The molecule has 1 aromatic rings. The summed E-state index contributed by atoms with van der Waals surface area (Å²) < 4.78 is 5.56. The standard InChI is InChI=1S/C18H30O2/c1-4-7-8-15(6-3)14-18(19)16-9-11-17(12-10-16)20-13-5-2/h9-12,15,18-19H,4-8,13-14H2,1-3H3. The maximum absolute atomic E-state index is 10.3. The third-order valence-electron chi connectivity index (χ3n) is 3.84. The fourth-order valence-corrected chi connectivity index (χ4v) is 2.44. The SMILES string of the molecule is CCCCC(CC)CC(O)c1ccc(OCCC)cc1. The number of ether oxygens (including phenoxy) is 1. The molecule has 0 saturated carbocycles. The van der Waals surface area contributed by atoms with Crippen molar-refractivity contribution in [2.75, 3.05) is 6.61 Å². The van der Waals surface area contributed by atoms with Crippen LogP contribution in [0.25, 0.3) is 0 Å². The van der Waals surface area contributed by atoms with Crippen molar-refractivity contribution in [3.63, 3.8) is 0 Å². The summed E-state index contributed by atoms with van der Waals surface area (Å²) in [6, 6.07) is 7.90. The molecule has 2 nitrogen and oxygen atoms in total. The lowest BCUT2D eigenvalue weighted by molar-refractivity contribution is 0.139. The van der Waals surface area contributed by atoms with Gasteiger partial charge in [0, 0.05) is 0 Å². The quantitative estimate of drug-likeness (QED) is 0.644. The van der Waals surface area contributed by atoms with Crippen LogP contribution in [0.15, 0.2) is 24.3 Å². The second-order valence-corrected chi connectivity index (χ2v) is 5.59. The number of aliphatic hydroxyl groups excluding tert-OH is 1. The van der Waals surface area contributed by atoms with Crippen molar-refractivity contribution in [2.45, 2.75) is 65.4 Å². The van der Waals surface area contributed by atoms with Crippen LogP contribution >= 0.6 is 0 Å². The van der Waals surface area contributed by atoms with E-state index in [2.05, 4.69) is 20.8 Å². The van der Waals surface area contributed by atoms with E-state index in [9.17, 15) is 5.11 Å². The Morgan fingerprint density at radius 2 is 1.75 bits per heavy atom. The van der Waals surface area contributed by atoms with E-state index in [1.54, 1.807) is 0 Å². The summed E-state index contributed by atoms with van der Waals surface area (Å²) in [7, 11) is 0. The molecule has 0 spiro atoms. The highest BCUT2D eigenvalue weighted by atomic mass is 16.5. The number of hydrogen-bond acceptors (Lipinski definition) is 2. The third-order valence-corrected chi connectivity index (χ3v) is 3.84. The maximum atomic E-state index is 10.3. The van der Waals surface area contributed by atoms with Crippen molar-refractivity contribution in [1.82, 2.24) is 0 Å². The molecule has 1 N–H and O–H groups in total. The lowest BCUT2D eigenvalue weighted by Crippen LogP contribution is -2.07. The number of benzene rings is 1. The summed E-state index contributed by atoms with van der Waals surface area (Å²) >= 11 is 0. The molecule has 0 aliphatic carbocycles. The van der Waals surface area contributed by atoms with E-state index in [0.29, 0.717) is 5.92 Å². The molecule has 1 aromatic carbocycles. The van der Waals surface area contributed by atoms with Crippen LogP contribution in [0.5, 0.6) is 5.75 Å². The summed E-state index contributed by atoms with van der Waals surface area (Å²) in [6.45, 7) is 7.28. The predicted octanol–water partition coefficient (Wildman–Crippen LogP) is 5.12. The number of hydrogen-bond donors (Lipinski definition) is 1. The van der Waals surface area contributed by atoms with Crippen LogP contribution in [0.3, 0.4) is 0 Å². The van der Waals surface area contributed by atoms with Crippen molar-refractivity contribution < 1.29 is 9.84 Å². The van der Waals surface area contributed by atoms with Crippen LogP contribution in [0.4, 0.5) is 0 Å². The molecule has 0 amide bonds. The van der Waals surface area contributed by atoms with Gasteiger partial charge in [0.05, 0.1) is 12.7 Å². The van der Waals surface area contributed by atoms with Crippen LogP contribution in [-0.4, -0.2) is 11.7 Å². The minimum atomic E-state index is -0.350. The molecule has 2 atom stereocenters. The second kappa shape index (κ2) is 9.82. The first-order chi connectivity index (χ1) is 9.71. The lowest BCUT2D eigenvalue weighted by atomic mass is 9.91. The van der Waals surface area contributed by atoms with Crippen molar-refractivity contribution in [1.29, 1.82) is 0 Å².